The van der Waals surface area contributed by atoms with E-state index < -0.39 is 5.82 Å². The summed E-state index contributed by atoms with van der Waals surface area (Å²) >= 11 is 5.92. The van der Waals surface area contributed by atoms with Crippen LogP contribution in [0.25, 0.3) is 11.4 Å². The van der Waals surface area contributed by atoms with Crippen LogP contribution in [0.4, 0.5) is 15.8 Å². The van der Waals surface area contributed by atoms with Crippen LogP contribution < -0.4 is 10.6 Å². The number of tetrazole rings is 1. The zero-order chi connectivity index (χ0) is 18.8. The van der Waals surface area contributed by atoms with Crippen LogP contribution in [0.5, 0.6) is 0 Å². The van der Waals surface area contributed by atoms with Gasteiger partial charge in [-0.1, -0.05) is 23.7 Å². The van der Waals surface area contributed by atoms with Crippen LogP contribution in [0.3, 0.4) is 0 Å². The number of anilines is 2. The number of hydrogen-bond acceptors (Lipinski definition) is 5. The van der Waals surface area contributed by atoms with Gasteiger partial charge in [0.05, 0.1) is 23.3 Å². The van der Waals surface area contributed by atoms with E-state index in [-0.39, 0.29) is 17.5 Å². The van der Waals surface area contributed by atoms with Crippen molar-refractivity contribution in [3.8, 4) is 11.4 Å². The molecular weight excluding hydrogens is 371 g/mol. The van der Waals surface area contributed by atoms with Gasteiger partial charge in [0.1, 0.15) is 5.82 Å². The molecule has 9 heteroatoms. The molecule has 0 saturated heterocycles. The molecule has 1 fully saturated rings. The predicted molar refractivity (Wildman–Crippen MR) is 100 cm³/mol. The van der Waals surface area contributed by atoms with Gasteiger partial charge in [-0.05, 0) is 53.6 Å². The van der Waals surface area contributed by atoms with Crippen molar-refractivity contribution >= 4 is 28.9 Å². The molecule has 2 N–H and O–H groups in total. The van der Waals surface area contributed by atoms with Gasteiger partial charge in [0.15, 0.2) is 5.82 Å². The molecule has 3 aromatic rings. The van der Waals surface area contributed by atoms with E-state index in [1.165, 1.54) is 12.1 Å². The number of hydrogen-bond donors (Lipinski definition) is 2. The maximum atomic E-state index is 13.1. The van der Waals surface area contributed by atoms with Crippen molar-refractivity contribution in [2.45, 2.75) is 18.9 Å². The highest BCUT2D eigenvalue weighted by atomic mass is 35.5. The summed E-state index contributed by atoms with van der Waals surface area (Å²) in [6.45, 7) is 0.0325. The molecule has 4 rings (SSSR count). The molecule has 7 nitrogen and oxygen atoms in total. The quantitative estimate of drug-likeness (QED) is 0.677. The first-order chi connectivity index (χ1) is 13.1. The molecular formula is C18H16ClFN6O. The van der Waals surface area contributed by atoms with E-state index in [9.17, 15) is 9.18 Å². The molecule has 1 aromatic heterocycles. The SMILES string of the molecule is O=C(CNc1cccc(-c2nnnn2C2CC2)c1)Nc1ccc(F)cc1Cl. The molecule has 1 saturated carbocycles. The zero-order valence-electron chi connectivity index (χ0n) is 14.2. The highest BCUT2D eigenvalue weighted by Crippen LogP contribution is 2.36. The van der Waals surface area contributed by atoms with Gasteiger partial charge < -0.3 is 10.6 Å². The molecule has 0 bridgehead atoms. The molecule has 1 heterocycles. The van der Waals surface area contributed by atoms with E-state index in [0.29, 0.717) is 17.6 Å². The normalized spacial score (nSPS) is 13.4. The van der Waals surface area contributed by atoms with Gasteiger partial charge >= 0.3 is 0 Å². The van der Waals surface area contributed by atoms with Crippen LogP contribution in [0.2, 0.25) is 5.02 Å². The van der Waals surface area contributed by atoms with E-state index in [2.05, 4.69) is 26.2 Å². The van der Waals surface area contributed by atoms with Crippen LogP contribution in [-0.2, 0) is 4.79 Å². The van der Waals surface area contributed by atoms with Crippen molar-refractivity contribution in [3.05, 3.63) is 53.3 Å². The lowest BCUT2D eigenvalue weighted by Crippen LogP contribution is -2.22. The molecule has 0 aliphatic heterocycles. The largest absolute Gasteiger partial charge is 0.376 e. The van der Waals surface area contributed by atoms with Gasteiger partial charge in [0, 0.05) is 11.3 Å². The van der Waals surface area contributed by atoms with E-state index >= 15 is 0 Å². The Balaban J connectivity index is 1.41. The smallest absolute Gasteiger partial charge is 0.243 e. The summed E-state index contributed by atoms with van der Waals surface area (Å²) in [6.07, 6.45) is 2.17. The van der Waals surface area contributed by atoms with Gasteiger partial charge in [0.2, 0.25) is 5.91 Å². The average molecular weight is 387 g/mol. The molecule has 0 radical (unpaired) electrons. The Morgan fingerprint density at radius 1 is 1.26 bits per heavy atom. The fourth-order valence-corrected chi connectivity index (χ4v) is 2.90. The Morgan fingerprint density at radius 3 is 2.89 bits per heavy atom. The third kappa shape index (κ3) is 4.06. The maximum Gasteiger partial charge on any atom is 0.243 e. The van der Waals surface area contributed by atoms with Gasteiger partial charge in [-0.2, -0.15) is 0 Å². The number of nitrogens with zero attached hydrogens (tertiary/aromatic N) is 4. The number of amides is 1. The number of halogens is 2. The highest BCUT2D eigenvalue weighted by molar-refractivity contribution is 6.33. The second-order valence-corrected chi connectivity index (χ2v) is 6.69. The van der Waals surface area contributed by atoms with Gasteiger partial charge in [-0.3, -0.25) is 4.79 Å². The molecule has 1 aliphatic rings. The van der Waals surface area contributed by atoms with Crippen molar-refractivity contribution in [3.63, 3.8) is 0 Å². The van der Waals surface area contributed by atoms with Crippen LogP contribution in [0, 0.1) is 5.82 Å². The Morgan fingerprint density at radius 2 is 2.11 bits per heavy atom. The summed E-state index contributed by atoms with van der Waals surface area (Å²) in [4.78, 5) is 12.1. The lowest BCUT2D eigenvalue weighted by atomic mass is 10.2. The summed E-state index contributed by atoms with van der Waals surface area (Å²) in [5, 5.41) is 17.8. The van der Waals surface area contributed by atoms with E-state index in [1.807, 2.05) is 28.9 Å². The van der Waals surface area contributed by atoms with Gasteiger partial charge in [-0.25, -0.2) is 9.07 Å². The van der Waals surface area contributed by atoms with E-state index in [0.717, 1.165) is 30.2 Å². The minimum Gasteiger partial charge on any atom is -0.376 e. The second kappa shape index (κ2) is 7.32. The molecule has 0 spiro atoms. The topological polar surface area (TPSA) is 84.7 Å². The third-order valence-corrected chi connectivity index (χ3v) is 4.48. The van der Waals surface area contributed by atoms with Crippen LogP contribution in [-0.4, -0.2) is 32.7 Å². The first kappa shape index (κ1) is 17.4. The molecule has 1 aliphatic carbocycles. The number of aromatic nitrogens is 4. The second-order valence-electron chi connectivity index (χ2n) is 6.28. The Kier molecular flexibility index (Phi) is 4.72. The van der Waals surface area contributed by atoms with Crippen molar-refractivity contribution in [1.82, 2.24) is 20.2 Å². The summed E-state index contributed by atoms with van der Waals surface area (Å²) in [5.41, 5.74) is 2.00. The summed E-state index contributed by atoms with van der Waals surface area (Å²) in [5.74, 6) is -0.0399. The third-order valence-electron chi connectivity index (χ3n) is 4.16. The molecule has 1 amide bonds. The molecule has 27 heavy (non-hydrogen) atoms. The zero-order valence-corrected chi connectivity index (χ0v) is 14.9. The molecule has 138 valence electrons. The maximum absolute atomic E-state index is 13.1. The highest BCUT2D eigenvalue weighted by Gasteiger charge is 2.28. The fourth-order valence-electron chi connectivity index (χ4n) is 2.68. The standard InChI is InChI=1S/C18H16ClFN6O/c19-15-9-12(20)4-7-16(15)22-17(27)10-21-13-3-1-2-11(8-13)18-23-24-25-26(18)14-5-6-14/h1-4,7-9,14,21H,5-6,10H2,(H,22,27). The first-order valence-electron chi connectivity index (χ1n) is 8.47. The van der Waals surface area contributed by atoms with Crippen LogP contribution >= 0.6 is 11.6 Å². The monoisotopic (exact) mass is 386 g/mol. The number of nitrogens with one attached hydrogen (secondary N) is 2. The predicted octanol–water partition coefficient (Wildman–Crippen LogP) is 3.52. The lowest BCUT2D eigenvalue weighted by molar-refractivity contribution is -0.114. The van der Waals surface area contributed by atoms with Crippen LogP contribution in [0.1, 0.15) is 18.9 Å². The van der Waals surface area contributed by atoms with Crippen molar-refractivity contribution in [2.75, 3.05) is 17.2 Å². The van der Waals surface area contributed by atoms with Crippen LogP contribution in [0.15, 0.2) is 42.5 Å². The summed E-state index contributed by atoms with van der Waals surface area (Å²) in [6, 6.07) is 11.7. The summed E-state index contributed by atoms with van der Waals surface area (Å²) in [7, 11) is 0. The lowest BCUT2D eigenvalue weighted by Gasteiger charge is -2.10. The Labute approximate surface area is 159 Å². The summed E-state index contributed by atoms with van der Waals surface area (Å²) < 4.78 is 14.9. The van der Waals surface area contributed by atoms with Crippen molar-refractivity contribution in [1.29, 1.82) is 0 Å². The first-order valence-corrected chi connectivity index (χ1v) is 8.85. The minimum atomic E-state index is -0.457. The van der Waals surface area contributed by atoms with Gasteiger partial charge in [-0.15, -0.1) is 5.10 Å². The number of carbonyl (C=O) groups excluding carboxylic acids is 1. The van der Waals surface area contributed by atoms with Gasteiger partial charge in [0.25, 0.3) is 0 Å². The molecule has 2 aromatic carbocycles. The molecule has 0 atom stereocenters. The fraction of sp³-hybridized carbons (Fsp3) is 0.222. The van der Waals surface area contributed by atoms with E-state index in [4.69, 9.17) is 11.6 Å². The number of rotatable bonds is 6. The average Bonchev–Trinajstić information content (AvgIpc) is 3.39. The number of benzene rings is 2. The molecule has 0 unspecified atom stereocenters. The van der Waals surface area contributed by atoms with E-state index in [1.54, 1.807) is 0 Å². The Hall–Kier alpha value is -3.00. The Bertz CT molecular complexity index is 987. The van der Waals surface area contributed by atoms with Crippen molar-refractivity contribution in [2.24, 2.45) is 0 Å². The minimum absolute atomic E-state index is 0.0325. The number of carbonyl (C=O) groups is 1. The van der Waals surface area contributed by atoms with Crippen molar-refractivity contribution < 1.29 is 9.18 Å².